The maximum absolute atomic E-state index is 12.9. The van der Waals surface area contributed by atoms with Crippen molar-refractivity contribution >= 4 is 28.4 Å². The second kappa shape index (κ2) is 8.10. The fourth-order valence-corrected chi connectivity index (χ4v) is 3.81. The standard InChI is InChI=1S/C20H20ClN7O2/c21-15-4-2-14(3-5-15)16-12-23-28-18(16)25-24-17-19(28)22-13-27(20(17)29)7-1-6-26-8-10-30-11-9-26/h2-5,12-13H,1,6-11H2. The molecule has 0 amide bonds. The first-order valence-corrected chi connectivity index (χ1v) is 10.2. The van der Waals surface area contributed by atoms with Gasteiger partial charge in [0.25, 0.3) is 5.56 Å². The van der Waals surface area contributed by atoms with E-state index in [1.54, 1.807) is 21.6 Å². The van der Waals surface area contributed by atoms with Crippen LogP contribution >= 0.6 is 11.6 Å². The molecule has 154 valence electrons. The van der Waals surface area contributed by atoms with E-state index in [9.17, 15) is 4.79 Å². The summed E-state index contributed by atoms with van der Waals surface area (Å²) in [6, 6.07) is 7.40. The number of hydrogen-bond donors (Lipinski definition) is 0. The lowest BCUT2D eigenvalue weighted by Crippen LogP contribution is -2.37. The molecule has 0 atom stereocenters. The number of nitrogens with zero attached hydrogens (tertiary/aromatic N) is 7. The van der Waals surface area contributed by atoms with E-state index in [1.807, 2.05) is 24.3 Å². The van der Waals surface area contributed by atoms with Gasteiger partial charge in [-0.3, -0.25) is 14.3 Å². The van der Waals surface area contributed by atoms with Gasteiger partial charge in [-0.15, -0.1) is 10.2 Å². The highest BCUT2D eigenvalue weighted by Gasteiger charge is 2.16. The van der Waals surface area contributed by atoms with Crippen molar-refractivity contribution in [2.24, 2.45) is 0 Å². The fourth-order valence-electron chi connectivity index (χ4n) is 3.68. The maximum atomic E-state index is 12.9. The molecule has 3 aromatic heterocycles. The normalized spacial score (nSPS) is 15.2. The van der Waals surface area contributed by atoms with Crippen LogP contribution in [0.15, 0.2) is 41.6 Å². The molecule has 10 heteroatoms. The molecule has 1 fully saturated rings. The second-order valence-electron chi connectivity index (χ2n) is 7.22. The van der Waals surface area contributed by atoms with Gasteiger partial charge in [0.1, 0.15) is 6.33 Å². The first kappa shape index (κ1) is 19.1. The molecule has 9 nitrogen and oxygen atoms in total. The molecule has 4 heterocycles. The fraction of sp³-hybridized carbons (Fsp3) is 0.350. The average Bonchev–Trinajstić information content (AvgIpc) is 3.21. The van der Waals surface area contributed by atoms with Crippen molar-refractivity contribution in [1.29, 1.82) is 0 Å². The Hall–Kier alpha value is -2.88. The van der Waals surface area contributed by atoms with Gasteiger partial charge in [-0.25, -0.2) is 4.98 Å². The van der Waals surface area contributed by atoms with Gasteiger partial charge >= 0.3 is 0 Å². The second-order valence-corrected chi connectivity index (χ2v) is 7.66. The lowest BCUT2D eigenvalue weighted by atomic mass is 10.1. The Balaban J connectivity index is 1.43. The molecule has 4 aromatic rings. The predicted molar refractivity (Wildman–Crippen MR) is 113 cm³/mol. The van der Waals surface area contributed by atoms with E-state index in [0.717, 1.165) is 50.4 Å². The van der Waals surface area contributed by atoms with Crippen LogP contribution in [0.1, 0.15) is 6.42 Å². The van der Waals surface area contributed by atoms with Crippen molar-refractivity contribution in [1.82, 2.24) is 34.3 Å². The van der Waals surface area contributed by atoms with Crippen molar-refractivity contribution in [3.63, 3.8) is 0 Å². The third kappa shape index (κ3) is 3.55. The molecule has 0 bridgehead atoms. The Labute approximate surface area is 176 Å². The van der Waals surface area contributed by atoms with Crippen LogP contribution in [0.25, 0.3) is 27.9 Å². The Morgan fingerprint density at radius 1 is 1.03 bits per heavy atom. The van der Waals surface area contributed by atoms with Crippen LogP contribution in [0.3, 0.4) is 0 Å². The summed E-state index contributed by atoms with van der Waals surface area (Å²) in [7, 11) is 0. The molecule has 0 unspecified atom stereocenters. The van der Waals surface area contributed by atoms with Gasteiger partial charge in [0, 0.05) is 36.8 Å². The molecule has 1 aromatic carbocycles. The number of rotatable bonds is 5. The van der Waals surface area contributed by atoms with Crippen molar-refractivity contribution < 1.29 is 4.74 Å². The van der Waals surface area contributed by atoms with E-state index in [-0.39, 0.29) is 11.1 Å². The first-order chi connectivity index (χ1) is 14.7. The van der Waals surface area contributed by atoms with E-state index in [1.165, 1.54) is 0 Å². The maximum Gasteiger partial charge on any atom is 0.283 e. The third-order valence-electron chi connectivity index (χ3n) is 5.32. The largest absolute Gasteiger partial charge is 0.379 e. The van der Waals surface area contributed by atoms with E-state index >= 15 is 0 Å². The van der Waals surface area contributed by atoms with Crippen LogP contribution in [-0.4, -0.2) is 67.1 Å². The number of morpholine rings is 1. The van der Waals surface area contributed by atoms with Gasteiger partial charge < -0.3 is 4.74 Å². The Bertz CT molecular complexity index is 1250. The van der Waals surface area contributed by atoms with E-state index in [4.69, 9.17) is 16.3 Å². The molecule has 0 spiro atoms. The summed E-state index contributed by atoms with van der Waals surface area (Å²) in [4.78, 5) is 19.7. The zero-order chi connectivity index (χ0) is 20.5. The van der Waals surface area contributed by atoms with Crippen molar-refractivity contribution in [3.05, 3.63) is 52.2 Å². The molecule has 0 aliphatic carbocycles. The summed E-state index contributed by atoms with van der Waals surface area (Å²) in [5.74, 6) is 0. The van der Waals surface area contributed by atoms with Gasteiger partial charge in [0.15, 0.2) is 16.8 Å². The van der Waals surface area contributed by atoms with Crippen LogP contribution in [-0.2, 0) is 11.3 Å². The van der Waals surface area contributed by atoms with Crippen LogP contribution < -0.4 is 5.56 Å². The number of ether oxygens (including phenoxy) is 1. The minimum atomic E-state index is -0.208. The van der Waals surface area contributed by atoms with Crippen molar-refractivity contribution in [3.8, 4) is 11.1 Å². The Morgan fingerprint density at radius 2 is 1.83 bits per heavy atom. The van der Waals surface area contributed by atoms with Gasteiger partial charge in [0.2, 0.25) is 0 Å². The van der Waals surface area contributed by atoms with Crippen LogP contribution in [0, 0.1) is 0 Å². The van der Waals surface area contributed by atoms with Crippen molar-refractivity contribution in [2.45, 2.75) is 13.0 Å². The van der Waals surface area contributed by atoms with E-state index in [2.05, 4.69) is 25.2 Å². The molecule has 1 aliphatic heterocycles. The summed E-state index contributed by atoms with van der Waals surface area (Å²) in [6.45, 7) is 4.90. The molecule has 1 aliphatic rings. The van der Waals surface area contributed by atoms with Gasteiger partial charge in [-0.2, -0.15) is 9.61 Å². The topological polar surface area (TPSA) is 90.4 Å². The molecule has 0 saturated carbocycles. The lowest BCUT2D eigenvalue weighted by Gasteiger charge is -2.26. The van der Waals surface area contributed by atoms with Gasteiger partial charge in [-0.05, 0) is 24.1 Å². The summed E-state index contributed by atoms with van der Waals surface area (Å²) >= 11 is 5.98. The summed E-state index contributed by atoms with van der Waals surface area (Å²) in [5.41, 5.74) is 2.66. The van der Waals surface area contributed by atoms with Crippen LogP contribution in [0.5, 0.6) is 0 Å². The molecular formula is C20H20ClN7O2. The molecular weight excluding hydrogens is 406 g/mol. The number of benzene rings is 1. The zero-order valence-electron chi connectivity index (χ0n) is 16.2. The third-order valence-corrected chi connectivity index (χ3v) is 5.57. The zero-order valence-corrected chi connectivity index (χ0v) is 17.0. The summed E-state index contributed by atoms with van der Waals surface area (Å²) in [5, 5.41) is 13.5. The number of fused-ring (bicyclic) bond motifs is 3. The SMILES string of the molecule is O=c1c2nnc3c(-c4ccc(Cl)cc4)cnn3c2ncn1CCCN1CCOCC1. The van der Waals surface area contributed by atoms with Gasteiger partial charge in [0.05, 0.1) is 19.4 Å². The van der Waals surface area contributed by atoms with Crippen LogP contribution in [0.4, 0.5) is 0 Å². The molecule has 30 heavy (non-hydrogen) atoms. The van der Waals surface area contributed by atoms with Crippen LogP contribution in [0.2, 0.25) is 5.02 Å². The highest BCUT2D eigenvalue weighted by atomic mass is 35.5. The minimum absolute atomic E-state index is 0.208. The number of hydrogen-bond acceptors (Lipinski definition) is 7. The van der Waals surface area contributed by atoms with Crippen molar-refractivity contribution in [2.75, 3.05) is 32.8 Å². The summed E-state index contributed by atoms with van der Waals surface area (Å²) in [6.07, 6.45) is 4.11. The quantitative estimate of drug-likeness (QED) is 0.482. The molecule has 5 rings (SSSR count). The van der Waals surface area contributed by atoms with E-state index < -0.39 is 0 Å². The van der Waals surface area contributed by atoms with Gasteiger partial charge in [-0.1, -0.05) is 23.7 Å². The first-order valence-electron chi connectivity index (χ1n) is 9.86. The molecule has 1 saturated heterocycles. The predicted octanol–water partition coefficient (Wildman–Crippen LogP) is 1.88. The number of aromatic nitrogens is 6. The highest BCUT2D eigenvalue weighted by Crippen LogP contribution is 2.25. The smallest absolute Gasteiger partial charge is 0.283 e. The Kier molecular flexibility index (Phi) is 5.16. The lowest BCUT2D eigenvalue weighted by molar-refractivity contribution is 0.0369. The average molecular weight is 426 g/mol. The minimum Gasteiger partial charge on any atom is -0.379 e. The van der Waals surface area contributed by atoms with E-state index in [0.29, 0.717) is 22.9 Å². The Morgan fingerprint density at radius 3 is 2.63 bits per heavy atom. The highest BCUT2D eigenvalue weighted by molar-refractivity contribution is 6.30. The summed E-state index contributed by atoms with van der Waals surface area (Å²) < 4.78 is 8.52. The monoisotopic (exact) mass is 425 g/mol. The number of aryl methyl sites for hydroxylation is 1. The number of halogens is 1. The molecule has 0 N–H and O–H groups in total. The molecule has 0 radical (unpaired) electrons.